The van der Waals surface area contributed by atoms with Crippen molar-refractivity contribution in [2.75, 3.05) is 7.11 Å². The minimum Gasteiger partial charge on any atom is -0.481 e. The second-order valence-electron chi connectivity index (χ2n) is 3.72. The predicted molar refractivity (Wildman–Crippen MR) is 63.4 cm³/mol. The Labute approximate surface area is 117 Å². The number of carboxylic acid groups (broad SMARTS) is 1. The summed E-state index contributed by atoms with van der Waals surface area (Å²) >= 11 is 0. The van der Waals surface area contributed by atoms with Gasteiger partial charge in [-0.1, -0.05) is 25.7 Å². The van der Waals surface area contributed by atoms with E-state index in [4.69, 9.17) is 10.2 Å². The van der Waals surface area contributed by atoms with Gasteiger partial charge in [0.2, 0.25) is 0 Å². The molecule has 0 saturated carbocycles. The molecule has 0 rings (SSSR count). The van der Waals surface area contributed by atoms with Crippen LogP contribution in [0.3, 0.4) is 0 Å². The topological polar surface area (TPSA) is 74.6 Å². The van der Waals surface area contributed by atoms with E-state index in [1.807, 2.05) is 0 Å². The summed E-state index contributed by atoms with van der Waals surface area (Å²) < 4.78 is 0. The van der Waals surface area contributed by atoms with E-state index in [0.29, 0.717) is 6.42 Å². The number of carboxylic acids is 1. The summed E-state index contributed by atoms with van der Waals surface area (Å²) in [5.74, 6) is -0.447. The Balaban J connectivity index is -0.000000616. The molecule has 0 unspecified atom stereocenters. The second kappa shape index (κ2) is 18.1. The average Bonchev–Trinajstić information content (AvgIpc) is 2.24. The van der Waals surface area contributed by atoms with Crippen molar-refractivity contribution in [2.24, 2.45) is 0 Å². The number of unbranched alkanes of at least 4 members (excludes halogenated alkanes) is 5. The number of carbonyl (C=O) groups excluding carboxylic acids is 1. The van der Waals surface area contributed by atoms with Gasteiger partial charge in [-0.05, 0) is 19.8 Å². The van der Waals surface area contributed by atoms with E-state index >= 15 is 0 Å². The van der Waals surface area contributed by atoms with E-state index in [2.05, 4.69) is 0 Å². The van der Waals surface area contributed by atoms with Gasteiger partial charge in [-0.2, -0.15) is 0 Å². The van der Waals surface area contributed by atoms with Crippen LogP contribution in [0.15, 0.2) is 0 Å². The van der Waals surface area contributed by atoms with E-state index in [1.54, 1.807) is 6.92 Å². The zero-order valence-corrected chi connectivity index (χ0v) is 14.0. The van der Waals surface area contributed by atoms with Gasteiger partial charge in [-0.3, -0.25) is 4.79 Å². The van der Waals surface area contributed by atoms with Crippen LogP contribution >= 0.6 is 0 Å². The van der Waals surface area contributed by atoms with Crippen molar-refractivity contribution in [3.63, 3.8) is 0 Å². The summed E-state index contributed by atoms with van der Waals surface area (Å²) in [6.07, 6.45) is 7.02. The second-order valence-corrected chi connectivity index (χ2v) is 3.72. The van der Waals surface area contributed by atoms with Crippen LogP contribution in [0.4, 0.5) is 0 Å². The molecule has 0 heterocycles. The number of carbonyl (C=O) groups is 2. The molecule has 0 radical (unpaired) electrons. The zero-order valence-electron chi connectivity index (χ0n) is 11.1. The number of rotatable bonds is 9. The molecule has 0 saturated heterocycles. The maximum absolute atomic E-state index is 10.6. The Morgan fingerprint density at radius 3 is 1.53 bits per heavy atom. The van der Waals surface area contributed by atoms with Gasteiger partial charge in [0.05, 0.1) is 0 Å². The molecule has 0 aliphatic heterocycles. The van der Waals surface area contributed by atoms with Crippen LogP contribution in [0.1, 0.15) is 58.3 Å². The third-order valence-electron chi connectivity index (χ3n) is 2.17. The molecule has 0 atom stereocenters. The first kappa shape index (κ1) is 22.0. The van der Waals surface area contributed by atoms with Crippen LogP contribution in [0.2, 0.25) is 0 Å². The van der Waals surface area contributed by atoms with Crippen LogP contribution in [-0.2, 0) is 29.1 Å². The molecule has 0 amide bonds. The van der Waals surface area contributed by atoms with Crippen molar-refractivity contribution < 1.29 is 39.3 Å². The number of Topliss-reactive ketones (excluding diaryl/α,β-unsaturated/α-hetero) is 1. The summed E-state index contributed by atoms with van der Waals surface area (Å²) in [6.45, 7) is 1.62. The Hall–Kier alpha value is -0.277. The summed E-state index contributed by atoms with van der Waals surface area (Å²) in [6, 6.07) is 0. The van der Waals surface area contributed by atoms with Gasteiger partial charge < -0.3 is 15.0 Å². The van der Waals surface area contributed by atoms with Gasteiger partial charge in [0.1, 0.15) is 5.78 Å². The smallest absolute Gasteiger partial charge is 0.303 e. The fourth-order valence-electron chi connectivity index (χ4n) is 1.36. The standard InChI is InChI=1S/C11H20O3.CH4O.Zn/c1-10(12)8-6-4-2-3-5-7-9-11(13)14;1-2;/h2-9H2,1H3,(H,13,14);2H,1H3;. The van der Waals surface area contributed by atoms with Crippen molar-refractivity contribution in [2.45, 2.75) is 58.3 Å². The molecular formula is C12H24O4Zn. The molecule has 0 aliphatic carbocycles. The first-order valence-electron chi connectivity index (χ1n) is 5.79. The van der Waals surface area contributed by atoms with Gasteiger partial charge in [0.25, 0.3) is 0 Å². The van der Waals surface area contributed by atoms with E-state index in [1.165, 1.54) is 0 Å². The molecule has 4 nitrogen and oxygen atoms in total. The first-order chi connectivity index (χ1) is 7.63. The van der Waals surface area contributed by atoms with Crippen molar-refractivity contribution >= 4 is 11.8 Å². The minimum atomic E-state index is -0.707. The third kappa shape index (κ3) is 25.8. The molecule has 0 fully saturated rings. The van der Waals surface area contributed by atoms with E-state index in [9.17, 15) is 9.59 Å². The van der Waals surface area contributed by atoms with Gasteiger partial charge in [0, 0.05) is 39.4 Å². The predicted octanol–water partition coefficient (Wildman–Crippen LogP) is 2.39. The van der Waals surface area contributed by atoms with Crippen LogP contribution in [0, 0.1) is 0 Å². The van der Waals surface area contributed by atoms with Crippen LogP contribution in [0.5, 0.6) is 0 Å². The van der Waals surface area contributed by atoms with Crippen molar-refractivity contribution in [3.8, 4) is 0 Å². The fraction of sp³-hybridized carbons (Fsp3) is 0.833. The molecule has 0 bridgehead atoms. The summed E-state index contributed by atoms with van der Waals surface area (Å²) in [5.41, 5.74) is 0. The number of hydrogen-bond acceptors (Lipinski definition) is 3. The largest absolute Gasteiger partial charge is 0.481 e. The molecule has 0 aromatic carbocycles. The summed E-state index contributed by atoms with van der Waals surface area (Å²) in [5, 5.41) is 15.4. The maximum Gasteiger partial charge on any atom is 0.303 e. The molecule has 0 aromatic heterocycles. The molecule has 2 N–H and O–H groups in total. The molecule has 0 aromatic rings. The molecular weight excluding hydrogens is 274 g/mol. The molecule has 5 heteroatoms. The van der Waals surface area contributed by atoms with Gasteiger partial charge >= 0.3 is 5.97 Å². The SMILES string of the molecule is CC(=O)CCCCCCCCC(=O)O.CO.[Zn]. The Kier molecular flexibility index (Phi) is 23.4. The number of ketones is 1. The Morgan fingerprint density at radius 2 is 1.18 bits per heavy atom. The minimum absolute atomic E-state index is 0. The molecule has 17 heavy (non-hydrogen) atoms. The Bertz CT molecular complexity index is 163. The monoisotopic (exact) mass is 296 g/mol. The third-order valence-corrected chi connectivity index (χ3v) is 2.17. The van der Waals surface area contributed by atoms with Crippen LogP contribution < -0.4 is 0 Å². The van der Waals surface area contributed by atoms with Crippen molar-refractivity contribution in [3.05, 3.63) is 0 Å². The van der Waals surface area contributed by atoms with Crippen LogP contribution in [-0.4, -0.2) is 29.1 Å². The van der Waals surface area contributed by atoms with Crippen molar-refractivity contribution in [1.82, 2.24) is 0 Å². The van der Waals surface area contributed by atoms with Crippen LogP contribution in [0.25, 0.3) is 0 Å². The van der Waals surface area contributed by atoms with Gasteiger partial charge in [-0.25, -0.2) is 0 Å². The first-order valence-corrected chi connectivity index (χ1v) is 5.79. The molecule has 98 valence electrons. The van der Waals surface area contributed by atoms with Crippen molar-refractivity contribution in [1.29, 1.82) is 0 Å². The number of aliphatic hydroxyl groups excluding tert-OH is 1. The summed E-state index contributed by atoms with van der Waals surface area (Å²) in [7, 11) is 1.00. The quantitative estimate of drug-likeness (QED) is 0.506. The number of aliphatic carboxylic acids is 1. The van der Waals surface area contributed by atoms with E-state index < -0.39 is 5.97 Å². The number of hydrogen-bond donors (Lipinski definition) is 2. The van der Waals surface area contributed by atoms with E-state index in [-0.39, 0.29) is 31.7 Å². The maximum atomic E-state index is 10.6. The summed E-state index contributed by atoms with van der Waals surface area (Å²) in [4.78, 5) is 20.8. The average molecular weight is 298 g/mol. The van der Waals surface area contributed by atoms with Gasteiger partial charge in [0.15, 0.2) is 0 Å². The Morgan fingerprint density at radius 1 is 0.824 bits per heavy atom. The molecule has 0 spiro atoms. The zero-order chi connectivity index (χ0) is 12.8. The van der Waals surface area contributed by atoms with Gasteiger partial charge in [-0.15, -0.1) is 0 Å². The normalized spacial score (nSPS) is 8.65. The fourth-order valence-corrected chi connectivity index (χ4v) is 1.36. The van der Waals surface area contributed by atoms with E-state index in [0.717, 1.165) is 45.6 Å². The molecule has 0 aliphatic rings. The number of aliphatic hydroxyl groups is 1.